The molecule has 29 heavy (non-hydrogen) atoms. The lowest BCUT2D eigenvalue weighted by atomic mass is 10.0. The molecule has 0 saturated heterocycles. The topological polar surface area (TPSA) is 95.1 Å². The molecule has 1 aliphatic rings. The molecule has 1 aliphatic heterocycles. The fourth-order valence-corrected chi connectivity index (χ4v) is 3.82. The van der Waals surface area contributed by atoms with Crippen molar-refractivity contribution in [3.05, 3.63) is 53.1 Å². The summed E-state index contributed by atoms with van der Waals surface area (Å²) in [6, 6.07) is 5.43. The summed E-state index contributed by atoms with van der Waals surface area (Å²) in [6.07, 6.45) is 3.79. The van der Waals surface area contributed by atoms with Crippen molar-refractivity contribution in [1.29, 1.82) is 0 Å². The van der Waals surface area contributed by atoms with Gasteiger partial charge in [-0.1, -0.05) is 19.9 Å². The summed E-state index contributed by atoms with van der Waals surface area (Å²) in [5, 5.41) is 7.24. The number of carbonyl (C=O) groups is 2. The number of H-pyrrole nitrogens is 1. The van der Waals surface area contributed by atoms with Crippen LogP contribution in [0.5, 0.6) is 0 Å². The van der Waals surface area contributed by atoms with E-state index < -0.39 is 0 Å². The van der Waals surface area contributed by atoms with E-state index in [0.29, 0.717) is 54.3 Å². The van der Waals surface area contributed by atoms with Crippen molar-refractivity contribution in [2.24, 2.45) is 5.92 Å². The lowest BCUT2D eigenvalue weighted by Crippen LogP contribution is -2.37. The van der Waals surface area contributed by atoms with Gasteiger partial charge in [0.1, 0.15) is 5.52 Å². The Labute approximate surface area is 168 Å². The number of amides is 2. The molecule has 0 bridgehead atoms. The van der Waals surface area contributed by atoms with E-state index in [1.165, 1.54) is 0 Å². The SMILES string of the molecule is CC(C)CN(C)C(=O)c1n[nH]c2c1CCN(C(=O)c1cccc3nccnc13)C2. The molecule has 0 radical (unpaired) electrons. The Kier molecular flexibility index (Phi) is 5.00. The van der Waals surface area contributed by atoms with Crippen molar-refractivity contribution in [2.45, 2.75) is 26.8 Å². The molecule has 0 unspecified atom stereocenters. The van der Waals surface area contributed by atoms with Crippen molar-refractivity contribution in [2.75, 3.05) is 20.1 Å². The van der Waals surface area contributed by atoms with Crippen molar-refractivity contribution >= 4 is 22.8 Å². The monoisotopic (exact) mass is 392 g/mol. The van der Waals surface area contributed by atoms with Gasteiger partial charge in [-0.2, -0.15) is 5.10 Å². The molecular weight excluding hydrogens is 368 g/mol. The Morgan fingerprint density at radius 3 is 2.83 bits per heavy atom. The van der Waals surface area contributed by atoms with Gasteiger partial charge in [-0.05, 0) is 24.5 Å². The van der Waals surface area contributed by atoms with Crippen molar-refractivity contribution < 1.29 is 9.59 Å². The standard InChI is InChI=1S/C21H24N6O2/c1-13(2)11-26(3)21(29)19-14-7-10-27(12-17(14)24-25-19)20(28)15-5-4-6-16-18(15)23-9-8-22-16/h4-6,8-9,13H,7,10-12H2,1-3H3,(H,24,25). The summed E-state index contributed by atoms with van der Waals surface area (Å²) in [5.41, 5.74) is 4.02. The van der Waals surface area contributed by atoms with Crippen molar-refractivity contribution in [3.63, 3.8) is 0 Å². The molecule has 0 aliphatic carbocycles. The number of carbonyl (C=O) groups excluding carboxylic acids is 2. The number of rotatable bonds is 4. The zero-order valence-corrected chi connectivity index (χ0v) is 16.8. The van der Waals surface area contributed by atoms with Crippen LogP contribution in [0.15, 0.2) is 30.6 Å². The molecule has 150 valence electrons. The van der Waals surface area contributed by atoms with Gasteiger partial charge in [0.05, 0.1) is 23.3 Å². The van der Waals surface area contributed by atoms with Crippen LogP contribution in [-0.4, -0.2) is 61.9 Å². The molecule has 4 rings (SSSR count). The first-order valence-electron chi connectivity index (χ1n) is 9.76. The number of aromatic nitrogens is 4. The van der Waals surface area contributed by atoms with Crippen LogP contribution in [0.25, 0.3) is 11.0 Å². The lowest BCUT2D eigenvalue weighted by Gasteiger charge is -2.27. The van der Waals surface area contributed by atoms with Crippen molar-refractivity contribution in [3.8, 4) is 0 Å². The van der Waals surface area contributed by atoms with E-state index in [4.69, 9.17) is 0 Å². The minimum absolute atomic E-state index is 0.0831. The maximum absolute atomic E-state index is 13.1. The highest BCUT2D eigenvalue weighted by molar-refractivity contribution is 6.04. The third-order valence-corrected chi connectivity index (χ3v) is 5.14. The molecule has 0 atom stereocenters. The number of nitrogens with zero attached hydrogens (tertiary/aromatic N) is 5. The number of para-hydroxylation sites is 1. The molecule has 2 aromatic heterocycles. The quantitative estimate of drug-likeness (QED) is 0.735. The Bertz CT molecular complexity index is 1070. The smallest absolute Gasteiger partial charge is 0.274 e. The van der Waals surface area contributed by atoms with Crippen LogP contribution < -0.4 is 0 Å². The minimum Gasteiger partial charge on any atom is -0.340 e. The lowest BCUT2D eigenvalue weighted by molar-refractivity contribution is 0.0734. The first-order chi connectivity index (χ1) is 14.0. The van der Waals surface area contributed by atoms with Crippen LogP contribution in [0.3, 0.4) is 0 Å². The van der Waals surface area contributed by atoms with Crippen LogP contribution in [0.4, 0.5) is 0 Å². The summed E-state index contributed by atoms with van der Waals surface area (Å²) in [7, 11) is 1.80. The summed E-state index contributed by atoms with van der Waals surface area (Å²) in [6.45, 7) is 5.73. The number of hydrogen-bond acceptors (Lipinski definition) is 5. The zero-order chi connectivity index (χ0) is 20.5. The predicted molar refractivity (Wildman–Crippen MR) is 108 cm³/mol. The number of aromatic amines is 1. The van der Waals surface area contributed by atoms with E-state index in [2.05, 4.69) is 34.0 Å². The number of hydrogen-bond donors (Lipinski definition) is 1. The second-order valence-electron chi connectivity index (χ2n) is 7.82. The summed E-state index contributed by atoms with van der Waals surface area (Å²) in [4.78, 5) is 38.0. The number of fused-ring (bicyclic) bond motifs is 2. The number of benzene rings is 1. The van der Waals surface area contributed by atoms with E-state index in [9.17, 15) is 9.59 Å². The van der Waals surface area contributed by atoms with E-state index >= 15 is 0 Å². The first-order valence-corrected chi connectivity index (χ1v) is 9.76. The third-order valence-electron chi connectivity index (χ3n) is 5.14. The second kappa shape index (κ2) is 7.62. The Balaban J connectivity index is 1.56. The summed E-state index contributed by atoms with van der Waals surface area (Å²) in [5.74, 6) is 0.206. The van der Waals surface area contributed by atoms with E-state index in [1.54, 1.807) is 35.3 Å². The fourth-order valence-electron chi connectivity index (χ4n) is 3.82. The van der Waals surface area contributed by atoms with Crippen LogP contribution in [0, 0.1) is 5.92 Å². The largest absolute Gasteiger partial charge is 0.340 e. The molecule has 0 saturated carbocycles. The van der Waals surface area contributed by atoms with Gasteiger partial charge in [0.25, 0.3) is 11.8 Å². The third kappa shape index (κ3) is 3.57. The van der Waals surface area contributed by atoms with Crippen LogP contribution >= 0.6 is 0 Å². The van der Waals surface area contributed by atoms with E-state index in [-0.39, 0.29) is 11.8 Å². The predicted octanol–water partition coefficient (Wildman–Crippen LogP) is 2.28. The normalized spacial score (nSPS) is 13.6. The average Bonchev–Trinajstić information content (AvgIpc) is 3.15. The van der Waals surface area contributed by atoms with Gasteiger partial charge in [-0.15, -0.1) is 0 Å². The van der Waals surface area contributed by atoms with Gasteiger partial charge in [0.15, 0.2) is 5.69 Å². The summed E-state index contributed by atoms with van der Waals surface area (Å²) < 4.78 is 0. The number of nitrogens with one attached hydrogen (secondary N) is 1. The fraction of sp³-hybridized carbons (Fsp3) is 0.381. The average molecular weight is 392 g/mol. The Morgan fingerprint density at radius 2 is 2.03 bits per heavy atom. The Hall–Kier alpha value is -3.29. The molecule has 1 N–H and O–H groups in total. The van der Waals surface area contributed by atoms with Gasteiger partial charge in [0.2, 0.25) is 0 Å². The van der Waals surface area contributed by atoms with Crippen molar-refractivity contribution in [1.82, 2.24) is 30.0 Å². The zero-order valence-electron chi connectivity index (χ0n) is 16.8. The van der Waals surface area contributed by atoms with E-state index in [0.717, 1.165) is 11.3 Å². The Morgan fingerprint density at radius 1 is 1.24 bits per heavy atom. The molecule has 8 heteroatoms. The van der Waals surface area contributed by atoms with Gasteiger partial charge < -0.3 is 9.80 Å². The summed E-state index contributed by atoms with van der Waals surface area (Å²) >= 11 is 0. The first kappa shape index (κ1) is 19.0. The molecule has 8 nitrogen and oxygen atoms in total. The molecule has 0 fully saturated rings. The maximum atomic E-state index is 13.1. The molecular formula is C21H24N6O2. The second-order valence-corrected chi connectivity index (χ2v) is 7.82. The highest BCUT2D eigenvalue weighted by atomic mass is 16.2. The van der Waals surface area contributed by atoms with Crippen LogP contribution in [0.1, 0.15) is 46.0 Å². The molecule has 2 amide bonds. The van der Waals surface area contributed by atoms with Gasteiger partial charge in [0, 0.05) is 38.1 Å². The van der Waals surface area contributed by atoms with Crippen LogP contribution in [0.2, 0.25) is 0 Å². The molecule has 3 aromatic rings. The minimum atomic E-state index is -0.0962. The van der Waals surface area contributed by atoms with Crippen LogP contribution in [-0.2, 0) is 13.0 Å². The molecule has 1 aromatic carbocycles. The van der Waals surface area contributed by atoms with Gasteiger partial charge >= 0.3 is 0 Å². The highest BCUT2D eigenvalue weighted by Crippen LogP contribution is 2.24. The molecule has 3 heterocycles. The maximum Gasteiger partial charge on any atom is 0.274 e. The highest BCUT2D eigenvalue weighted by Gasteiger charge is 2.29. The van der Waals surface area contributed by atoms with E-state index in [1.807, 2.05) is 12.1 Å². The van der Waals surface area contributed by atoms with Gasteiger partial charge in [-0.25, -0.2) is 0 Å². The van der Waals surface area contributed by atoms with Gasteiger partial charge in [-0.3, -0.25) is 24.7 Å². The molecule has 0 spiro atoms.